The molecule has 1 aliphatic heterocycles. The van der Waals surface area contributed by atoms with Gasteiger partial charge < -0.3 is 24.3 Å². The monoisotopic (exact) mass is 500 g/mol. The van der Waals surface area contributed by atoms with E-state index in [9.17, 15) is 4.79 Å². The molecule has 0 aliphatic carbocycles. The number of hydrogen-bond donors (Lipinski definition) is 1. The maximum atomic E-state index is 15.1. The first-order valence-electron chi connectivity index (χ1n) is 11.2. The Bertz CT molecular complexity index is 1280. The van der Waals surface area contributed by atoms with Crippen LogP contribution in [0.25, 0.3) is 22.2 Å². The molecule has 1 aromatic carbocycles. The highest BCUT2D eigenvalue weighted by Crippen LogP contribution is 2.39. The van der Waals surface area contributed by atoms with Crippen LogP contribution in [-0.4, -0.2) is 61.3 Å². The Morgan fingerprint density at radius 3 is 2.53 bits per heavy atom. The fourth-order valence-electron chi connectivity index (χ4n) is 4.15. The molecule has 4 rings (SSSR count). The van der Waals surface area contributed by atoms with Crippen LogP contribution in [0.3, 0.4) is 0 Å². The summed E-state index contributed by atoms with van der Waals surface area (Å²) in [6, 6.07) is 2.39. The summed E-state index contributed by atoms with van der Waals surface area (Å²) in [5, 5.41) is 3.67. The Morgan fingerprint density at radius 1 is 1.17 bits per heavy atom. The number of methoxy groups -OCH3 is 3. The third-order valence-corrected chi connectivity index (χ3v) is 6.06. The van der Waals surface area contributed by atoms with E-state index in [1.807, 2.05) is 0 Å². The fourth-order valence-corrected chi connectivity index (χ4v) is 4.15. The first-order valence-corrected chi connectivity index (χ1v) is 11.2. The van der Waals surface area contributed by atoms with Gasteiger partial charge in [-0.25, -0.2) is 23.7 Å². The molecule has 1 aliphatic rings. The van der Waals surface area contributed by atoms with Crippen molar-refractivity contribution in [3.8, 4) is 28.6 Å². The van der Waals surface area contributed by atoms with Crippen molar-refractivity contribution in [3.05, 3.63) is 42.6 Å². The van der Waals surface area contributed by atoms with E-state index in [1.165, 1.54) is 39.7 Å². The number of nitrogens with one attached hydrogen (secondary N) is 1. The summed E-state index contributed by atoms with van der Waals surface area (Å²) < 4.78 is 51.2. The molecule has 2 atom stereocenters. The summed E-state index contributed by atoms with van der Waals surface area (Å²) in [4.78, 5) is 25.1. The van der Waals surface area contributed by atoms with Crippen LogP contribution in [0.5, 0.6) is 17.4 Å². The van der Waals surface area contributed by atoms with E-state index < -0.39 is 17.2 Å². The van der Waals surface area contributed by atoms with Gasteiger partial charge in [-0.05, 0) is 24.5 Å². The van der Waals surface area contributed by atoms with Gasteiger partial charge in [0.05, 0.1) is 45.2 Å². The third kappa shape index (κ3) is 4.92. The maximum absolute atomic E-state index is 15.1. The molecule has 190 valence electrons. The molecule has 11 heteroatoms. The number of carbonyl (C=O) groups excluding carboxylic acids is 1. The van der Waals surface area contributed by atoms with Crippen LogP contribution in [0.4, 0.5) is 14.7 Å². The van der Waals surface area contributed by atoms with Crippen molar-refractivity contribution >= 4 is 22.6 Å². The Balaban J connectivity index is 1.72. The van der Waals surface area contributed by atoms with Gasteiger partial charge in [0.25, 0.3) is 0 Å². The molecular formula is C25H26F2N4O5. The van der Waals surface area contributed by atoms with E-state index in [0.717, 1.165) is 6.07 Å². The molecule has 1 fully saturated rings. The first-order chi connectivity index (χ1) is 17.4. The first kappa shape index (κ1) is 25.2. The number of allylic oxidation sites excluding steroid dienone is 1. The summed E-state index contributed by atoms with van der Waals surface area (Å²) in [6.07, 6.45) is 3.86. The van der Waals surface area contributed by atoms with Crippen LogP contribution in [0.2, 0.25) is 0 Å². The van der Waals surface area contributed by atoms with Gasteiger partial charge in [0.2, 0.25) is 11.8 Å². The van der Waals surface area contributed by atoms with Crippen LogP contribution in [0, 0.1) is 17.6 Å². The van der Waals surface area contributed by atoms with Crippen molar-refractivity contribution in [2.24, 2.45) is 5.92 Å². The molecule has 3 heterocycles. The number of hydrogen-bond acceptors (Lipinski definition) is 9. The average Bonchev–Trinajstić information content (AvgIpc) is 2.89. The number of ether oxygens (including phenoxy) is 4. The van der Waals surface area contributed by atoms with E-state index in [0.29, 0.717) is 37.0 Å². The van der Waals surface area contributed by atoms with Crippen LogP contribution in [0.15, 0.2) is 31.0 Å². The molecule has 0 amide bonds. The lowest BCUT2D eigenvalue weighted by Gasteiger charge is -2.31. The number of carbonyl (C=O) groups is 1. The zero-order chi connectivity index (χ0) is 25.8. The van der Waals surface area contributed by atoms with E-state index in [4.69, 9.17) is 18.9 Å². The molecule has 0 saturated carbocycles. The quantitative estimate of drug-likeness (QED) is 0.437. The predicted octanol–water partition coefficient (Wildman–Crippen LogP) is 3.96. The van der Waals surface area contributed by atoms with Crippen molar-refractivity contribution in [2.45, 2.75) is 18.9 Å². The largest absolute Gasteiger partial charge is 0.494 e. The van der Waals surface area contributed by atoms with Crippen molar-refractivity contribution in [2.75, 3.05) is 39.9 Å². The summed E-state index contributed by atoms with van der Waals surface area (Å²) in [5.74, 6) is -1.94. The van der Waals surface area contributed by atoms with Crippen molar-refractivity contribution in [3.63, 3.8) is 0 Å². The van der Waals surface area contributed by atoms with E-state index in [1.54, 1.807) is 0 Å². The second kappa shape index (κ2) is 10.8. The van der Waals surface area contributed by atoms with Crippen molar-refractivity contribution in [1.29, 1.82) is 0 Å². The minimum atomic E-state index is -0.929. The second-order valence-electron chi connectivity index (χ2n) is 8.18. The molecule has 0 unspecified atom stereocenters. The lowest BCUT2D eigenvalue weighted by Crippen LogP contribution is -2.40. The summed E-state index contributed by atoms with van der Waals surface area (Å²) in [5.41, 5.74) is -0.132. The van der Waals surface area contributed by atoms with Gasteiger partial charge in [0.15, 0.2) is 28.9 Å². The van der Waals surface area contributed by atoms with Crippen LogP contribution < -0.4 is 19.5 Å². The molecule has 1 saturated heterocycles. The van der Waals surface area contributed by atoms with Gasteiger partial charge in [-0.2, -0.15) is 0 Å². The van der Waals surface area contributed by atoms with Crippen LogP contribution >= 0.6 is 0 Å². The van der Waals surface area contributed by atoms with Crippen LogP contribution in [0.1, 0.15) is 12.8 Å². The molecule has 0 radical (unpaired) electrons. The second-order valence-corrected chi connectivity index (χ2v) is 8.18. The molecule has 1 N–H and O–H groups in total. The summed E-state index contributed by atoms with van der Waals surface area (Å²) in [7, 11) is 3.92. The molecule has 0 bridgehead atoms. The molecule has 36 heavy (non-hydrogen) atoms. The fraction of sp³-hybridized carbons (Fsp3) is 0.360. The lowest BCUT2D eigenvalue weighted by atomic mass is 9.90. The highest BCUT2D eigenvalue weighted by Gasteiger charge is 2.28. The molecular weight excluding hydrogens is 474 g/mol. The highest BCUT2D eigenvalue weighted by molar-refractivity contribution is 5.89. The molecule has 9 nitrogen and oxygen atoms in total. The third-order valence-electron chi connectivity index (χ3n) is 6.06. The van der Waals surface area contributed by atoms with Gasteiger partial charge in [0, 0.05) is 30.7 Å². The molecule has 0 spiro atoms. The Labute approximate surface area is 206 Å². The standard InChI is InChI=1S/C25H26F2N4O5/c1-5-15(32)8-13-6-7-36-12-17(13)30-25-28-11-14-9-16(29-24(35-4)23(14)31-25)20-21(26)18(33-2)10-19(34-3)22(20)27/h5,9-11,13,17H,1,6-8,12H2,2-4H3,(H,28,30,31)/t13-,17-/m1/s1. The Morgan fingerprint density at radius 2 is 1.89 bits per heavy atom. The number of anilines is 1. The lowest BCUT2D eigenvalue weighted by molar-refractivity contribution is -0.116. The molecule has 3 aromatic rings. The maximum Gasteiger partial charge on any atom is 0.241 e. The number of fused-ring (bicyclic) bond motifs is 1. The van der Waals surface area contributed by atoms with Crippen molar-refractivity contribution in [1.82, 2.24) is 15.0 Å². The van der Waals surface area contributed by atoms with Gasteiger partial charge >= 0.3 is 0 Å². The Kier molecular flexibility index (Phi) is 7.58. The number of pyridine rings is 1. The predicted molar refractivity (Wildman–Crippen MR) is 128 cm³/mol. The number of rotatable bonds is 9. The number of halogens is 2. The number of benzene rings is 1. The topological polar surface area (TPSA) is 105 Å². The van der Waals surface area contributed by atoms with Gasteiger partial charge in [0.1, 0.15) is 5.52 Å². The number of ketones is 1. The average molecular weight is 501 g/mol. The molecule has 2 aromatic heterocycles. The van der Waals surface area contributed by atoms with Gasteiger partial charge in [-0.1, -0.05) is 6.58 Å². The van der Waals surface area contributed by atoms with E-state index in [-0.39, 0.29) is 46.8 Å². The van der Waals surface area contributed by atoms with Gasteiger partial charge in [-0.3, -0.25) is 4.79 Å². The smallest absolute Gasteiger partial charge is 0.241 e. The van der Waals surface area contributed by atoms with Gasteiger partial charge in [-0.15, -0.1) is 0 Å². The number of nitrogens with zero attached hydrogens (tertiary/aromatic N) is 3. The van der Waals surface area contributed by atoms with Crippen molar-refractivity contribution < 1.29 is 32.5 Å². The SMILES string of the molecule is C=CC(=O)C[C@H]1CCOC[C@H]1Nc1ncc2cc(-c3c(F)c(OC)cc(OC)c3F)nc(OC)c2n1. The van der Waals surface area contributed by atoms with E-state index in [2.05, 4.69) is 26.8 Å². The highest BCUT2D eigenvalue weighted by atomic mass is 19.1. The van der Waals surface area contributed by atoms with E-state index >= 15 is 8.78 Å². The minimum absolute atomic E-state index is 0.0277. The zero-order valence-corrected chi connectivity index (χ0v) is 20.1. The number of aromatic nitrogens is 3. The normalized spacial score (nSPS) is 17.5. The zero-order valence-electron chi connectivity index (χ0n) is 20.1. The summed E-state index contributed by atoms with van der Waals surface area (Å²) in [6.45, 7) is 4.49. The van der Waals surface area contributed by atoms with Crippen LogP contribution in [-0.2, 0) is 9.53 Å². The Hall–Kier alpha value is -3.86. The summed E-state index contributed by atoms with van der Waals surface area (Å²) >= 11 is 0. The minimum Gasteiger partial charge on any atom is -0.494 e.